The quantitative estimate of drug-likeness (QED) is 0.669. The smallest absolute Gasteiger partial charge is 0.0525 e. The van der Waals surface area contributed by atoms with E-state index >= 15 is 0 Å². The van der Waals surface area contributed by atoms with E-state index in [4.69, 9.17) is 0 Å². The summed E-state index contributed by atoms with van der Waals surface area (Å²) in [7, 11) is 0. The van der Waals surface area contributed by atoms with E-state index in [0.29, 0.717) is 0 Å². The lowest BCUT2D eigenvalue weighted by Gasteiger charge is -2.05. The molecule has 1 aromatic heterocycles. The number of benzene rings is 2. The van der Waals surface area contributed by atoms with Crippen molar-refractivity contribution in [3.8, 4) is 0 Å². The minimum absolute atomic E-state index is 0. The lowest BCUT2D eigenvalue weighted by Crippen LogP contribution is -1.93. The van der Waals surface area contributed by atoms with Crippen molar-refractivity contribution >= 4 is 10.8 Å². The summed E-state index contributed by atoms with van der Waals surface area (Å²) in [6.45, 7) is 0. The molecule has 0 aliphatic heterocycles. The predicted molar refractivity (Wildman–Crippen MR) is 73.1 cm³/mol. The molecule has 3 rings (SSSR count). The molecule has 18 heavy (non-hydrogen) atoms. The molecule has 0 aliphatic rings. The molecule has 0 N–H and O–H groups in total. The molecule has 2 nitrogen and oxygen atoms in total. The highest BCUT2D eigenvalue weighted by Gasteiger charge is 2.02. The summed E-state index contributed by atoms with van der Waals surface area (Å²) in [5, 5.41) is 2.51. The lowest BCUT2D eigenvalue weighted by molar-refractivity contribution is 1.10. The second-order valence-corrected chi connectivity index (χ2v) is 4.14. The van der Waals surface area contributed by atoms with Gasteiger partial charge in [0.15, 0.2) is 0 Å². The summed E-state index contributed by atoms with van der Waals surface area (Å²) < 4.78 is 0. The van der Waals surface area contributed by atoms with Gasteiger partial charge in [-0.25, -0.2) is 0 Å². The van der Waals surface area contributed by atoms with Gasteiger partial charge in [-0.15, -0.1) is 0 Å². The summed E-state index contributed by atoms with van der Waals surface area (Å²) in [6, 6.07) is 20.9. The zero-order chi connectivity index (χ0) is 11.5. The summed E-state index contributed by atoms with van der Waals surface area (Å²) in [5.41, 5.74) is 2.45. The van der Waals surface area contributed by atoms with Gasteiger partial charge in [0.05, 0.1) is 5.69 Å². The van der Waals surface area contributed by atoms with Gasteiger partial charge < -0.3 is 0 Å². The van der Waals surface area contributed by atoms with Crippen molar-refractivity contribution in [2.45, 2.75) is 6.42 Å². The first-order chi connectivity index (χ1) is 8.43. The van der Waals surface area contributed by atoms with Crippen LogP contribution in [0.4, 0.5) is 0 Å². The Morgan fingerprint density at radius 3 is 2.33 bits per heavy atom. The van der Waals surface area contributed by atoms with Gasteiger partial charge in [-0.05, 0) is 17.0 Å². The highest BCUT2D eigenvalue weighted by Crippen LogP contribution is 2.18. The monoisotopic (exact) mass is 233 g/mol. The zero-order valence-electron chi connectivity index (χ0n) is 9.95. The molecule has 3 aromatic rings. The number of pyridine rings is 1. The van der Waals surface area contributed by atoms with E-state index in [1.165, 1.54) is 16.3 Å². The molecule has 0 saturated carbocycles. The molecule has 0 spiro atoms. The highest BCUT2D eigenvalue weighted by atomic mass is 14.7. The van der Waals surface area contributed by atoms with Crippen molar-refractivity contribution in [2.75, 3.05) is 0 Å². The summed E-state index contributed by atoms with van der Waals surface area (Å²) in [6.07, 6.45) is 2.78. The van der Waals surface area contributed by atoms with Crippen molar-refractivity contribution < 1.29 is 0 Å². The fourth-order valence-electron chi connectivity index (χ4n) is 2.11. The Morgan fingerprint density at radius 2 is 1.50 bits per heavy atom. The third-order valence-electron chi connectivity index (χ3n) is 2.97. The molecule has 0 saturated heterocycles. The Morgan fingerprint density at radius 1 is 0.778 bits per heavy atom. The molecule has 87 valence electrons. The van der Waals surface area contributed by atoms with E-state index in [0.717, 1.165) is 12.1 Å². The van der Waals surface area contributed by atoms with Crippen molar-refractivity contribution in [3.05, 3.63) is 78.1 Å². The minimum Gasteiger partial charge on any atom is -0.260 e. The van der Waals surface area contributed by atoms with Crippen LogP contribution in [0.5, 0.6) is 0 Å². The summed E-state index contributed by atoms with van der Waals surface area (Å²) in [5.74, 6) is 0. The number of fused-ring (bicyclic) bond motifs is 1. The fourth-order valence-corrected chi connectivity index (χ4v) is 2.11. The summed E-state index contributed by atoms with van der Waals surface area (Å²) >= 11 is 0. The van der Waals surface area contributed by atoms with Crippen LogP contribution in [0.15, 0.2) is 66.9 Å². The van der Waals surface area contributed by atoms with Crippen LogP contribution < -0.4 is 6.15 Å². The Hall–Kier alpha value is -2.19. The van der Waals surface area contributed by atoms with Gasteiger partial charge in [0.2, 0.25) is 0 Å². The van der Waals surface area contributed by atoms with Crippen molar-refractivity contribution in [1.82, 2.24) is 11.1 Å². The number of hydrogen-bond donors (Lipinski definition) is 0. The SMILES string of the molecule is [N].c1ccc(Cc2nccc3ccccc23)cc1. The van der Waals surface area contributed by atoms with Gasteiger partial charge in [-0.3, -0.25) is 4.98 Å². The largest absolute Gasteiger partial charge is 0.260 e. The average Bonchev–Trinajstić information content (AvgIpc) is 2.40. The van der Waals surface area contributed by atoms with Crippen LogP contribution >= 0.6 is 0 Å². The molecule has 0 fully saturated rings. The minimum atomic E-state index is 0. The standard InChI is InChI=1S/C16H13N.N/c1-2-6-13(7-3-1)12-16-15-9-5-4-8-14(15)10-11-17-16;/h1-11H,12H2;. The first-order valence-electron chi connectivity index (χ1n) is 5.80. The Bertz CT molecular complexity index is 627. The van der Waals surface area contributed by atoms with Gasteiger partial charge in [0, 0.05) is 24.2 Å². The number of hydrogen-bond acceptors (Lipinski definition) is 1. The molecule has 0 atom stereocenters. The maximum absolute atomic E-state index is 4.50. The van der Waals surface area contributed by atoms with Gasteiger partial charge in [-0.1, -0.05) is 54.6 Å². The third kappa shape index (κ3) is 2.39. The van der Waals surface area contributed by atoms with Gasteiger partial charge in [0.1, 0.15) is 0 Å². The van der Waals surface area contributed by atoms with Crippen LogP contribution in [-0.4, -0.2) is 4.98 Å². The van der Waals surface area contributed by atoms with E-state index in [1.807, 2.05) is 12.3 Å². The lowest BCUT2D eigenvalue weighted by atomic mass is 10.0. The molecule has 0 bridgehead atoms. The van der Waals surface area contributed by atoms with Gasteiger partial charge in [-0.2, -0.15) is 0 Å². The number of rotatable bonds is 2. The van der Waals surface area contributed by atoms with Crippen LogP contribution in [0, 0.1) is 0 Å². The number of nitrogens with zero attached hydrogens (tertiary/aromatic N) is 2. The van der Waals surface area contributed by atoms with Crippen LogP contribution in [0.3, 0.4) is 0 Å². The molecule has 0 amide bonds. The zero-order valence-corrected chi connectivity index (χ0v) is 9.95. The molecule has 0 unspecified atom stereocenters. The molecule has 0 aliphatic carbocycles. The van der Waals surface area contributed by atoms with Crippen LogP contribution in [0.1, 0.15) is 11.3 Å². The second kappa shape index (κ2) is 5.43. The van der Waals surface area contributed by atoms with Crippen molar-refractivity contribution in [1.29, 1.82) is 0 Å². The maximum atomic E-state index is 4.50. The molecule has 2 aromatic carbocycles. The van der Waals surface area contributed by atoms with Crippen LogP contribution in [0.25, 0.3) is 10.8 Å². The topological polar surface area (TPSA) is 43.4 Å². The van der Waals surface area contributed by atoms with Crippen LogP contribution in [-0.2, 0) is 6.42 Å². The van der Waals surface area contributed by atoms with Gasteiger partial charge >= 0.3 is 0 Å². The molecular formula is C16H13N2. The summed E-state index contributed by atoms with van der Waals surface area (Å²) in [4.78, 5) is 4.50. The number of aromatic nitrogens is 1. The van der Waals surface area contributed by atoms with Gasteiger partial charge in [0.25, 0.3) is 0 Å². The first kappa shape index (κ1) is 12.3. The molecule has 3 radical (unpaired) electrons. The fraction of sp³-hybridized carbons (Fsp3) is 0.0625. The average molecular weight is 233 g/mol. The van der Waals surface area contributed by atoms with Crippen LogP contribution in [0.2, 0.25) is 0 Å². The maximum Gasteiger partial charge on any atom is 0.0525 e. The molecular weight excluding hydrogens is 220 g/mol. The van der Waals surface area contributed by atoms with Crippen molar-refractivity contribution in [3.63, 3.8) is 0 Å². The van der Waals surface area contributed by atoms with E-state index in [2.05, 4.69) is 59.6 Å². The van der Waals surface area contributed by atoms with E-state index in [1.54, 1.807) is 0 Å². The second-order valence-electron chi connectivity index (χ2n) is 4.14. The Balaban J connectivity index is 0.00000120. The predicted octanol–water partition coefficient (Wildman–Crippen LogP) is 3.35. The van der Waals surface area contributed by atoms with E-state index < -0.39 is 0 Å². The Kier molecular flexibility index (Phi) is 3.70. The van der Waals surface area contributed by atoms with E-state index in [9.17, 15) is 0 Å². The first-order valence-corrected chi connectivity index (χ1v) is 5.80. The van der Waals surface area contributed by atoms with Crippen molar-refractivity contribution in [2.24, 2.45) is 0 Å². The van der Waals surface area contributed by atoms with E-state index in [-0.39, 0.29) is 6.15 Å². The highest BCUT2D eigenvalue weighted by molar-refractivity contribution is 5.84. The Labute approximate surface area is 107 Å². The molecule has 1 heterocycles. The molecule has 2 heteroatoms. The normalized spacial score (nSPS) is 10.0. The third-order valence-corrected chi connectivity index (χ3v) is 2.97.